The molecule has 0 bridgehead atoms. The largest absolute Gasteiger partial charge is 0.462 e. The van der Waals surface area contributed by atoms with Crippen LogP contribution in [0.3, 0.4) is 0 Å². The summed E-state index contributed by atoms with van der Waals surface area (Å²) in [5.41, 5.74) is 2.93. The van der Waals surface area contributed by atoms with Crippen LogP contribution in [0.1, 0.15) is 60.4 Å². The molecule has 7 nitrogen and oxygen atoms in total. The van der Waals surface area contributed by atoms with E-state index in [4.69, 9.17) is 4.74 Å². The number of nitrogens with zero attached hydrogens (tertiary/aromatic N) is 2. The van der Waals surface area contributed by atoms with Gasteiger partial charge in [-0.15, -0.1) is 0 Å². The number of carbonyl (C=O) groups excluding carboxylic acids is 3. The second-order valence-corrected chi connectivity index (χ2v) is 6.89. The lowest BCUT2D eigenvalue weighted by Crippen LogP contribution is -2.32. The van der Waals surface area contributed by atoms with E-state index in [9.17, 15) is 14.4 Å². The van der Waals surface area contributed by atoms with Gasteiger partial charge in [0.2, 0.25) is 11.8 Å². The zero-order valence-electron chi connectivity index (χ0n) is 17.3. The number of hydrogen-bond donors (Lipinski definition) is 1. The molecule has 1 N–H and O–H groups in total. The van der Waals surface area contributed by atoms with E-state index >= 15 is 0 Å². The Bertz CT molecular complexity index is 758. The molecule has 1 aliphatic rings. The molecule has 0 saturated carbocycles. The van der Waals surface area contributed by atoms with E-state index in [0.29, 0.717) is 30.7 Å². The number of amides is 2. The Kier molecular flexibility index (Phi) is 7.84. The van der Waals surface area contributed by atoms with Gasteiger partial charge in [0.05, 0.1) is 12.2 Å². The minimum atomic E-state index is -0.383. The van der Waals surface area contributed by atoms with Gasteiger partial charge in [0.25, 0.3) is 0 Å². The number of hydrogen-bond acceptors (Lipinski definition) is 4. The highest BCUT2D eigenvalue weighted by Crippen LogP contribution is 2.24. The van der Waals surface area contributed by atoms with Crippen LogP contribution >= 0.6 is 0 Å². The van der Waals surface area contributed by atoms with Crippen LogP contribution in [0.25, 0.3) is 6.08 Å². The second-order valence-electron chi connectivity index (χ2n) is 6.89. The SMILES string of the molecule is CCOC(=O)c1c(/C=C/C(=O)NCCC(=O)N2CCCC2)c(C)n(CC)c1C. The Morgan fingerprint density at radius 3 is 2.39 bits per heavy atom. The number of nitrogens with one attached hydrogen (secondary N) is 1. The molecule has 2 amide bonds. The fourth-order valence-corrected chi connectivity index (χ4v) is 3.68. The van der Waals surface area contributed by atoms with Gasteiger partial charge >= 0.3 is 5.97 Å². The molecule has 0 radical (unpaired) electrons. The summed E-state index contributed by atoms with van der Waals surface area (Å²) in [5, 5.41) is 2.74. The summed E-state index contributed by atoms with van der Waals surface area (Å²) < 4.78 is 7.21. The maximum atomic E-state index is 12.4. The molecular weight excluding hydrogens is 358 g/mol. The molecule has 2 rings (SSSR count). The van der Waals surface area contributed by atoms with E-state index in [0.717, 1.165) is 43.9 Å². The van der Waals surface area contributed by atoms with Crippen molar-refractivity contribution in [3.63, 3.8) is 0 Å². The number of carbonyl (C=O) groups is 3. The monoisotopic (exact) mass is 389 g/mol. The Hall–Kier alpha value is -2.57. The van der Waals surface area contributed by atoms with E-state index in [2.05, 4.69) is 5.32 Å². The van der Waals surface area contributed by atoms with Gasteiger partial charge in [-0.05, 0) is 46.6 Å². The molecule has 1 aromatic heterocycles. The highest BCUT2D eigenvalue weighted by Gasteiger charge is 2.22. The number of ether oxygens (including phenoxy) is 1. The third-order valence-electron chi connectivity index (χ3n) is 5.12. The quantitative estimate of drug-likeness (QED) is 0.547. The zero-order chi connectivity index (χ0) is 20.7. The first-order chi connectivity index (χ1) is 13.4. The molecule has 2 heterocycles. The van der Waals surface area contributed by atoms with Gasteiger partial charge < -0.3 is 19.5 Å². The predicted molar refractivity (Wildman–Crippen MR) is 108 cm³/mol. The summed E-state index contributed by atoms with van der Waals surface area (Å²) in [6.45, 7) is 10.5. The molecule has 0 aliphatic carbocycles. The fourth-order valence-electron chi connectivity index (χ4n) is 3.68. The van der Waals surface area contributed by atoms with Crippen LogP contribution < -0.4 is 5.32 Å². The van der Waals surface area contributed by atoms with Crippen LogP contribution in [-0.2, 0) is 20.9 Å². The van der Waals surface area contributed by atoms with Gasteiger partial charge in [-0.25, -0.2) is 4.79 Å². The molecule has 1 aromatic rings. The third kappa shape index (κ3) is 5.03. The van der Waals surface area contributed by atoms with Gasteiger partial charge in [0, 0.05) is 55.6 Å². The molecule has 0 aromatic carbocycles. The van der Waals surface area contributed by atoms with E-state index < -0.39 is 0 Å². The highest BCUT2D eigenvalue weighted by atomic mass is 16.5. The Labute approximate surface area is 166 Å². The van der Waals surface area contributed by atoms with Gasteiger partial charge in [0.15, 0.2) is 0 Å². The van der Waals surface area contributed by atoms with Crippen LogP contribution in [0, 0.1) is 13.8 Å². The zero-order valence-corrected chi connectivity index (χ0v) is 17.3. The van der Waals surface area contributed by atoms with Crippen molar-refractivity contribution in [1.29, 1.82) is 0 Å². The molecule has 7 heteroatoms. The Morgan fingerprint density at radius 2 is 1.79 bits per heavy atom. The summed E-state index contributed by atoms with van der Waals surface area (Å²) >= 11 is 0. The lowest BCUT2D eigenvalue weighted by Gasteiger charge is -2.14. The summed E-state index contributed by atoms with van der Waals surface area (Å²) in [5.74, 6) is -0.588. The standard InChI is InChI=1S/C21H31N3O4/c1-5-24-15(3)17(20(16(24)4)21(27)28-6-2)9-10-18(25)22-12-11-19(26)23-13-7-8-14-23/h9-10H,5-8,11-14H2,1-4H3,(H,22,25)/b10-9+. The summed E-state index contributed by atoms with van der Waals surface area (Å²) in [4.78, 5) is 38.4. The molecule has 0 spiro atoms. The maximum absolute atomic E-state index is 12.4. The van der Waals surface area contributed by atoms with Crippen LogP contribution in [0.5, 0.6) is 0 Å². The van der Waals surface area contributed by atoms with E-state index in [-0.39, 0.29) is 17.8 Å². The summed E-state index contributed by atoms with van der Waals surface area (Å²) in [7, 11) is 0. The number of rotatable bonds is 8. The highest BCUT2D eigenvalue weighted by molar-refractivity contribution is 5.98. The fraction of sp³-hybridized carbons (Fsp3) is 0.571. The van der Waals surface area contributed by atoms with Gasteiger partial charge in [-0.1, -0.05) is 0 Å². The van der Waals surface area contributed by atoms with Crippen molar-refractivity contribution in [2.24, 2.45) is 0 Å². The van der Waals surface area contributed by atoms with Crippen molar-refractivity contribution < 1.29 is 19.1 Å². The van der Waals surface area contributed by atoms with Crippen molar-refractivity contribution in [2.45, 2.75) is 53.5 Å². The first-order valence-corrected chi connectivity index (χ1v) is 10.0. The number of likely N-dealkylation sites (tertiary alicyclic amines) is 1. The second kappa shape index (κ2) is 10.1. The average molecular weight is 389 g/mol. The smallest absolute Gasteiger partial charge is 0.340 e. The van der Waals surface area contributed by atoms with Crippen molar-refractivity contribution in [1.82, 2.24) is 14.8 Å². The lowest BCUT2D eigenvalue weighted by atomic mass is 10.1. The van der Waals surface area contributed by atoms with E-state index in [1.807, 2.05) is 30.2 Å². The molecule has 154 valence electrons. The number of esters is 1. The predicted octanol–water partition coefficient (Wildman–Crippen LogP) is 2.44. The van der Waals surface area contributed by atoms with Crippen LogP contribution in [0.4, 0.5) is 0 Å². The van der Waals surface area contributed by atoms with Gasteiger partial charge in [-0.3, -0.25) is 9.59 Å². The topological polar surface area (TPSA) is 80.6 Å². The average Bonchev–Trinajstić information content (AvgIpc) is 3.27. The van der Waals surface area contributed by atoms with Crippen molar-refractivity contribution in [3.8, 4) is 0 Å². The molecule has 0 unspecified atom stereocenters. The number of aromatic nitrogens is 1. The Morgan fingerprint density at radius 1 is 1.11 bits per heavy atom. The van der Waals surface area contributed by atoms with Gasteiger partial charge in [0.1, 0.15) is 0 Å². The minimum absolute atomic E-state index is 0.0814. The first kappa shape index (κ1) is 21.7. The molecular formula is C21H31N3O4. The van der Waals surface area contributed by atoms with E-state index in [1.165, 1.54) is 6.08 Å². The van der Waals surface area contributed by atoms with Crippen molar-refractivity contribution in [2.75, 3.05) is 26.2 Å². The normalized spacial score (nSPS) is 13.9. The molecule has 28 heavy (non-hydrogen) atoms. The molecule has 0 atom stereocenters. The van der Waals surface area contributed by atoms with Crippen LogP contribution in [0.15, 0.2) is 6.08 Å². The first-order valence-electron chi connectivity index (χ1n) is 10.0. The molecule has 1 fully saturated rings. The van der Waals surface area contributed by atoms with Gasteiger partial charge in [-0.2, -0.15) is 0 Å². The lowest BCUT2D eigenvalue weighted by molar-refractivity contribution is -0.130. The third-order valence-corrected chi connectivity index (χ3v) is 5.12. The molecule has 1 aliphatic heterocycles. The van der Waals surface area contributed by atoms with E-state index in [1.54, 1.807) is 13.0 Å². The Balaban J connectivity index is 2.02. The summed E-state index contributed by atoms with van der Waals surface area (Å²) in [6.07, 6.45) is 5.47. The molecule has 1 saturated heterocycles. The minimum Gasteiger partial charge on any atom is -0.462 e. The van der Waals surface area contributed by atoms with Crippen molar-refractivity contribution in [3.05, 3.63) is 28.6 Å². The summed E-state index contributed by atoms with van der Waals surface area (Å²) in [6, 6.07) is 0. The van der Waals surface area contributed by atoms with Crippen LogP contribution in [0.2, 0.25) is 0 Å². The maximum Gasteiger partial charge on any atom is 0.340 e. The van der Waals surface area contributed by atoms with Crippen molar-refractivity contribution >= 4 is 23.9 Å². The van der Waals surface area contributed by atoms with Crippen LogP contribution in [-0.4, -0.2) is 53.5 Å².